The molecule has 7 nitrogen and oxygen atoms in total. The molecule has 2 N–H and O–H groups in total. The van der Waals surface area contributed by atoms with Crippen LogP contribution in [0.1, 0.15) is 30.9 Å². The van der Waals surface area contributed by atoms with Crippen LogP contribution in [0.25, 0.3) is 11.1 Å². The van der Waals surface area contributed by atoms with Crippen molar-refractivity contribution in [3.63, 3.8) is 0 Å². The number of carbonyl (C=O) groups is 1. The van der Waals surface area contributed by atoms with E-state index in [0.717, 1.165) is 49.2 Å². The van der Waals surface area contributed by atoms with Crippen LogP contribution in [0.5, 0.6) is 0 Å². The number of nitrogens with zero attached hydrogens (tertiary/aromatic N) is 2. The molecule has 0 spiro atoms. The third-order valence-corrected chi connectivity index (χ3v) is 10.7. The molecule has 2 aliphatic rings. The van der Waals surface area contributed by atoms with Gasteiger partial charge in [0.05, 0.1) is 17.0 Å². The van der Waals surface area contributed by atoms with Crippen molar-refractivity contribution < 1.29 is 18.3 Å². The third kappa shape index (κ3) is 6.73. The van der Waals surface area contributed by atoms with Crippen molar-refractivity contribution in [3.05, 3.63) is 90.5 Å². The first-order chi connectivity index (χ1) is 18.9. The summed E-state index contributed by atoms with van der Waals surface area (Å²) < 4.78 is 28.6. The molecule has 0 bridgehead atoms. The summed E-state index contributed by atoms with van der Waals surface area (Å²) in [4.78, 5) is 16.1. The number of piperidine rings is 1. The Balaban J connectivity index is 1.29. The second-order valence-electron chi connectivity index (χ2n) is 10.1. The highest BCUT2D eigenvalue weighted by Crippen LogP contribution is 2.32. The molecule has 2 aliphatic heterocycles. The molecule has 2 atom stereocenters. The maximum Gasteiger partial charge on any atom is 0.249 e. The number of likely N-dealkylation sites (tertiary alicyclic amines) is 1. The minimum Gasteiger partial charge on any atom is -0.393 e. The Bertz CT molecular complexity index is 1330. The van der Waals surface area contributed by atoms with Gasteiger partial charge in [0.25, 0.3) is 0 Å². The molecule has 9 heteroatoms. The van der Waals surface area contributed by atoms with Crippen molar-refractivity contribution in [1.82, 2.24) is 14.5 Å². The number of aliphatic hydroxyl groups excluding tert-OH is 1. The summed E-state index contributed by atoms with van der Waals surface area (Å²) in [7, 11) is -3.85. The second kappa shape index (κ2) is 12.7. The molecule has 0 saturated carbocycles. The molecule has 0 aromatic heterocycles. The van der Waals surface area contributed by atoms with E-state index in [0.29, 0.717) is 12.2 Å². The van der Waals surface area contributed by atoms with Crippen molar-refractivity contribution >= 4 is 27.7 Å². The van der Waals surface area contributed by atoms with Gasteiger partial charge in [-0.05, 0) is 48.1 Å². The van der Waals surface area contributed by atoms with Gasteiger partial charge >= 0.3 is 0 Å². The average Bonchev–Trinajstić information content (AvgIpc) is 3.48. The van der Waals surface area contributed by atoms with Crippen LogP contribution in [-0.2, 0) is 14.8 Å². The predicted octanol–water partition coefficient (Wildman–Crippen LogP) is 4.12. The zero-order valence-electron chi connectivity index (χ0n) is 21.9. The van der Waals surface area contributed by atoms with Crippen LogP contribution in [0, 0.1) is 0 Å². The lowest BCUT2D eigenvalue weighted by molar-refractivity contribution is -0.123. The molecule has 2 unspecified atom stereocenters. The van der Waals surface area contributed by atoms with Gasteiger partial charge in [0, 0.05) is 31.9 Å². The quantitative estimate of drug-likeness (QED) is 0.406. The van der Waals surface area contributed by atoms with Crippen molar-refractivity contribution in [1.29, 1.82) is 0 Å². The number of hydrogen-bond acceptors (Lipinski definition) is 6. The monoisotopic (exact) mass is 565 g/mol. The van der Waals surface area contributed by atoms with Gasteiger partial charge in [-0.3, -0.25) is 4.79 Å². The number of nitrogens with one attached hydrogen (secondary N) is 1. The molecule has 2 fully saturated rings. The van der Waals surface area contributed by atoms with E-state index in [1.807, 2.05) is 72.8 Å². The zero-order valence-corrected chi connectivity index (χ0v) is 23.5. The Morgan fingerprint density at radius 3 is 2.18 bits per heavy atom. The molecule has 39 heavy (non-hydrogen) atoms. The molecule has 2 heterocycles. The SMILES string of the molecule is O=C(NC(CCN1CCC(O)CC1)c1ccccc1)C1SCCN1S(=O)(=O)c1ccc(-c2ccccc2)cc1. The van der Waals surface area contributed by atoms with Gasteiger partial charge < -0.3 is 15.3 Å². The van der Waals surface area contributed by atoms with Crippen molar-refractivity contribution in [2.24, 2.45) is 0 Å². The lowest BCUT2D eigenvalue weighted by Gasteiger charge is -2.31. The van der Waals surface area contributed by atoms with E-state index >= 15 is 0 Å². The van der Waals surface area contributed by atoms with Gasteiger partial charge in [-0.1, -0.05) is 72.8 Å². The van der Waals surface area contributed by atoms with Gasteiger partial charge in [0.1, 0.15) is 5.37 Å². The molecule has 3 aromatic rings. The number of thioether (sulfide) groups is 1. The van der Waals surface area contributed by atoms with Crippen molar-refractivity contribution in [3.8, 4) is 11.1 Å². The first-order valence-electron chi connectivity index (χ1n) is 13.5. The number of sulfonamides is 1. The molecule has 3 aromatic carbocycles. The first kappa shape index (κ1) is 27.9. The Hall–Kier alpha value is -2.69. The van der Waals surface area contributed by atoms with E-state index in [2.05, 4.69) is 10.2 Å². The predicted molar refractivity (Wildman–Crippen MR) is 156 cm³/mol. The van der Waals surface area contributed by atoms with Gasteiger partial charge in [-0.2, -0.15) is 4.31 Å². The molecular formula is C30H35N3O4S2. The Morgan fingerprint density at radius 2 is 1.51 bits per heavy atom. The van der Waals surface area contributed by atoms with E-state index in [9.17, 15) is 18.3 Å². The van der Waals surface area contributed by atoms with Crippen LogP contribution in [0.3, 0.4) is 0 Å². The smallest absolute Gasteiger partial charge is 0.249 e. The van der Waals surface area contributed by atoms with Gasteiger partial charge in [-0.25, -0.2) is 8.42 Å². The molecule has 206 valence electrons. The maximum atomic E-state index is 13.6. The van der Waals surface area contributed by atoms with E-state index in [1.54, 1.807) is 12.1 Å². The minimum atomic E-state index is -3.85. The average molecular weight is 566 g/mol. The van der Waals surface area contributed by atoms with Crippen LogP contribution >= 0.6 is 11.8 Å². The fourth-order valence-electron chi connectivity index (χ4n) is 5.20. The minimum absolute atomic E-state index is 0.189. The molecule has 5 rings (SSSR count). The Labute approximate surface area is 235 Å². The topological polar surface area (TPSA) is 90.0 Å². The summed E-state index contributed by atoms with van der Waals surface area (Å²) in [5, 5.41) is 12.2. The Morgan fingerprint density at radius 1 is 0.897 bits per heavy atom. The summed E-state index contributed by atoms with van der Waals surface area (Å²) in [6, 6.07) is 26.3. The summed E-state index contributed by atoms with van der Waals surface area (Å²) >= 11 is 1.36. The van der Waals surface area contributed by atoms with Gasteiger partial charge in [0.2, 0.25) is 15.9 Å². The van der Waals surface area contributed by atoms with E-state index in [1.165, 1.54) is 16.1 Å². The largest absolute Gasteiger partial charge is 0.393 e. The highest BCUT2D eigenvalue weighted by molar-refractivity contribution is 8.02. The lowest BCUT2D eigenvalue weighted by atomic mass is 10.0. The number of benzene rings is 3. The standard InChI is InChI=1S/C30H35N3O4S2/c34-26-15-18-32(19-16-26)20-17-28(25-9-5-2-6-10-25)31-29(35)30-33(21-22-38-30)39(36,37)27-13-11-24(12-14-27)23-7-3-1-4-8-23/h1-14,26,28,30,34H,15-22H2,(H,31,35). The number of aliphatic hydroxyl groups is 1. The second-order valence-corrected chi connectivity index (χ2v) is 13.1. The third-order valence-electron chi connectivity index (χ3n) is 7.45. The summed E-state index contributed by atoms with van der Waals surface area (Å²) in [5.74, 6) is 0.274. The van der Waals surface area contributed by atoms with Crippen LogP contribution in [-0.4, -0.2) is 72.0 Å². The van der Waals surface area contributed by atoms with E-state index in [-0.39, 0.29) is 29.5 Å². The molecule has 0 radical (unpaired) electrons. The number of amides is 1. The van der Waals surface area contributed by atoms with Crippen molar-refractivity contribution in [2.45, 2.75) is 41.7 Å². The number of rotatable bonds is 9. The Kier molecular flexibility index (Phi) is 9.04. The fraction of sp³-hybridized carbons (Fsp3) is 0.367. The maximum absolute atomic E-state index is 13.6. The van der Waals surface area contributed by atoms with Crippen LogP contribution in [0.4, 0.5) is 0 Å². The fourth-order valence-corrected chi connectivity index (χ4v) is 8.28. The van der Waals surface area contributed by atoms with Crippen LogP contribution in [0.2, 0.25) is 0 Å². The van der Waals surface area contributed by atoms with Gasteiger partial charge in [-0.15, -0.1) is 11.8 Å². The summed E-state index contributed by atoms with van der Waals surface area (Å²) in [6.07, 6.45) is 2.00. The number of carbonyl (C=O) groups excluding carboxylic acids is 1. The van der Waals surface area contributed by atoms with Crippen LogP contribution in [0.15, 0.2) is 89.8 Å². The summed E-state index contributed by atoms with van der Waals surface area (Å²) in [6.45, 7) is 2.76. The van der Waals surface area contributed by atoms with Gasteiger partial charge in [0.15, 0.2) is 0 Å². The first-order valence-corrected chi connectivity index (χ1v) is 16.0. The number of hydrogen-bond donors (Lipinski definition) is 2. The highest BCUT2D eigenvalue weighted by Gasteiger charge is 2.40. The lowest BCUT2D eigenvalue weighted by Crippen LogP contribution is -2.46. The molecular weight excluding hydrogens is 530 g/mol. The van der Waals surface area contributed by atoms with Crippen molar-refractivity contribution in [2.75, 3.05) is 31.9 Å². The molecule has 0 aliphatic carbocycles. The normalized spacial score (nSPS) is 20.1. The highest BCUT2D eigenvalue weighted by atomic mass is 32.2. The summed E-state index contributed by atoms with van der Waals surface area (Å²) in [5.41, 5.74) is 2.95. The van der Waals surface area contributed by atoms with E-state index in [4.69, 9.17) is 0 Å². The zero-order chi connectivity index (χ0) is 27.2. The molecule has 1 amide bonds. The van der Waals surface area contributed by atoms with E-state index < -0.39 is 15.4 Å². The van der Waals surface area contributed by atoms with Crippen LogP contribution < -0.4 is 5.32 Å². The molecule has 2 saturated heterocycles.